The topological polar surface area (TPSA) is 67.3 Å². The van der Waals surface area contributed by atoms with Gasteiger partial charge in [-0.15, -0.1) is 0 Å². The number of nitrogens with zero attached hydrogens (tertiary/aromatic N) is 4. The van der Waals surface area contributed by atoms with E-state index in [1.54, 1.807) is 6.20 Å². The van der Waals surface area contributed by atoms with Gasteiger partial charge < -0.3 is 0 Å². The van der Waals surface area contributed by atoms with Crippen LogP contribution in [0.25, 0.3) is 11.6 Å². The summed E-state index contributed by atoms with van der Waals surface area (Å²) in [5.41, 5.74) is 0. The van der Waals surface area contributed by atoms with Crippen LogP contribution < -0.4 is 0 Å². The summed E-state index contributed by atoms with van der Waals surface area (Å²) in [5.74, 6) is 0.959. The molecule has 66 valence electrons. The van der Waals surface area contributed by atoms with E-state index in [1.165, 1.54) is 6.33 Å². The maximum Gasteiger partial charge on any atom is 0.198 e. The van der Waals surface area contributed by atoms with Crippen LogP contribution in [0, 0.1) is 3.57 Å². The van der Waals surface area contributed by atoms with Crippen LogP contribution in [0.15, 0.2) is 12.5 Å². The minimum atomic E-state index is 0.419. The van der Waals surface area contributed by atoms with E-state index in [1.807, 2.05) is 0 Å². The molecule has 0 aliphatic heterocycles. The Kier molecular flexibility index (Phi) is 2.40. The zero-order valence-corrected chi connectivity index (χ0v) is 9.11. The predicted molar refractivity (Wildman–Crippen MR) is 55.1 cm³/mol. The molecule has 13 heavy (non-hydrogen) atoms. The van der Waals surface area contributed by atoms with Crippen molar-refractivity contribution in [2.24, 2.45) is 0 Å². The summed E-state index contributed by atoms with van der Waals surface area (Å²) in [4.78, 5) is 12.0. The zero-order chi connectivity index (χ0) is 9.26. The number of halogens is 2. The maximum absolute atomic E-state index is 5.81. The third-order valence-corrected chi connectivity index (χ3v) is 2.72. The van der Waals surface area contributed by atoms with Gasteiger partial charge in [0.15, 0.2) is 11.6 Å². The summed E-state index contributed by atoms with van der Waals surface area (Å²) in [7, 11) is 0. The molecular formula is C6H3ClIN5. The number of rotatable bonds is 1. The standard InChI is InChI=1S/C6H3ClIN5/c7-4-3(8)1-9-5(12-4)6-10-2-11-13-6/h1-2H,(H,10,11,13). The quantitative estimate of drug-likeness (QED) is 0.641. The van der Waals surface area contributed by atoms with Crippen molar-refractivity contribution in [2.45, 2.75) is 0 Å². The summed E-state index contributed by atoms with van der Waals surface area (Å²) >= 11 is 7.87. The van der Waals surface area contributed by atoms with Crippen molar-refractivity contribution in [1.82, 2.24) is 25.1 Å². The van der Waals surface area contributed by atoms with Gasteiger partial charge in [-0.1, -0.05) is 11.6 Å². The third-order valence-electron chi connectivity index (χ3n) is 1.33. The second-order valence-corrected chi connectivity index (χ2v) is 3.69. The fourth-order valence-electron chi connectivity index (χ4n) is 0.774. The van der Waals surface area contributed by atoms with Crippen LogP contribution in [0.2, 0.25) is 5.15 Å². The summed E-state index contributed by atoms with van der Waals surface area (Å²) in [6, 6.07) is 0. The van der Waals surface area contributed by atoms with E-state index in [0.717, 1.165) is 3.57 Å². The lowest BCUT2D eigenvalue weighted by Crippen LogP contribution is -1.92. The molecule has 2 aromatic heterocycles. The Bertz CT molecular complexity index is 415. The van der Waals surface area contributed by atoms with Gasteiger partial charge >= 0.3 is 0 Å². The fraction of sp³-hybridized carbons (Fsp3) is 0. The first-order chi connectivity index (χ1) is 6.27. The van der Waals surface area contributed by atoms with Crippen molar-refractivity contribution in [2.75, 3.05) is 0 Å². The molecule has 0 aliphatic carbocycles. The molecule has 0 bridgehead atoms. The van der Waals surface area contributed by atoms with E-state index in [9.17, 15) is 0 Å². The molecule has 5 nitrogen and oxygen atoms in total. The molecular weight excluding hydrogens is 304 g/mol. The van der Waals surface area contributed by atoms with Gasteiger partial charge in [0, 0.05) is 6.20 Å². The number of hydrogen-bond donors (Lipinski definition) is 1. The third kappa shape index (κ3) is 1.78. The molecule has 2 aromatic rings. The first kappa shape index (κ1) is 8.82. The average Bonchev–Trinajstić information content (AvgIpc) is 2.62. The highest BCUT2D eigenvalue weighted by Gasteiger charge is 2.06. The van der Waals surface area contributed by atoms with E-state index in [2.05, 4.69) is 47.7 Å². The molecule has 0 saturated carbocycles. The van der Waals surface area contributed by atoms with Crippen molar-refractivity contribution >= 4 is 34.2 Å². The van der Waals surface area contributed by atoms with Gasteiger partial charge in [0.05, 0.1) is 3.57 Å². The number of H-pyrrole nitrogens is 1. The van der Waals surface area contributed by atoms with Gasteiger partial charge in [-0.3, -0.25) is 5.10 Å². The van der Waals surface area contributed by atoms with Crippen molar-refractivity contribution in [3.8, 4) is 11.6 Å². The molecule has 0 fully saturated rings. The lowest BCUT2D eigenvalue weighted by atomic mass is 10.5. The lowest BCUT2D eigenvalue weighted by Gasteiger charge is -1.96. The second-order valence-electron chi connectivity index (χ2n) is 2.17. The monoisotopic (exact) mass is 307 g/mol. The van der Waals surface area contributed by atoms with Gasteiger partial charge in [0.1, 0.15) is 11.5 Å². The van der Waals surface area contributed by atoms with Gasteiger partial charge in [0.25, 0.3) is 0 Å². The highest BCUT2D eigenvalue weighted by molar-refractivity contribution is 14.1. The Morgan fingerprint density at radius 3 is 2.85 bits per heavy atom. The first-order valence-electron chi connectivity index (χ1n) is 3.31. The van der Waals surface area contributed by atoms with Crippen LogP contribution in [0.4, 0.5) is 0 Å². The van der Waals surface area contributed by atoms with E-state index in [-0.39, 0.29) is 0 Å². The molecule has 2 heterocycles. The van der Waals surface area contributed by atoms with Crippen molar-refractivity contribution in [3.05, 3.63) is 21.2 Å². The molecule has 0 radical (unpaired) electrons. The maximum atomic E-state index is 5.81. The number of aromatic nitrogens is 5. The molecule has 2 rings (SSSR count). The molecule has 0 aromatic carbocycles. The second kappa shape index (κ2) is 3.54. The predicted octanol–water partition coefficient (Wildman–Crippen LogP) is 1.52. The van der Waals surface area contributed by atoms with E-state index in [0.29, 0.717) is 16.8 Å². The van der Waals surface area contributed by atoms with Gasteiger partial charge in [-0.25, -0.2) is 15.0 Å². The van der Waals surface area contributed by atoms with Crippen LogP contribution in [0.3, 0.4) is 0 Å². The molecule has 0 amide bonds. The minimum Gasteiger partial charge on any atom is -0.257 e. The van der Waals surface area contributed by atoms with Crippen LogP contribution in [0.1, 0.15) is 0 Å². The van der Waals surface area contributed by atoms with Crippen LogP contribution in [-0.2, 0) is 0 Å². The smallest absolute Gasteiger partial charge is 0.198 e. The SMILES string of the molecule is Clc1nc(-c2ncn[nH]2)ncc1I. The number of aromatic amines is 1. The molecule has 7 heteroatoms. The molecule has 0 saturated heterocycles. The molecule has 0 atom stereocenters. The summed E-state index contributed by atoms with van der Waals surface area (Å²) in [5, 5.41) is 6.76. The van der Waals surface area contributed by atoms with Gasteiger partial charge in [-0.05, 0) is 22.6 Å². The highest BCUT2D eigenvalue weighted by atomic mass is 127. The summed E-state index contributed by atoms with van der Waals surface area (Å²) in [6.07, 6.45) is 3.03. The van der Waals surface area contributed by atoms with Crippen molar-refractivity contribution < 1.29 is 0 Å². The van der Waals surface area contributed by atoms with E-state index in [4.69, 9.17) is 11.6 Å². The lowest BCUT2D eigenvalue weighted by molar-refractivity contribution is 1.06. The zero-order valence-electron chi connectivity index (χ0n) is 6.20. The molecule has 1 N–H and O–H groups in total. The average molecular weight is 307 g/mol. The minimum absolute atomic E-state index is 0.419. The Balaban J connectivity index is 2.49. The summed E-state index contributed by atoms with van der Waals surface area (Å²) < 4.78 is 0.808. The molecule has 0 unspecified atom stereocenters. The highest BCUT2D eigenvalue weighted by Crippen LogP contribution is 2.17. The van der Waals surface area contributed by atoms with Gasteiger partial charge in [0.2, 0.25) is 0 Å². The molecule has 0 aliphatic rings. The normalized spacial score (nSPS) is 10.3. The number of hydrogen-bond acceptors (Lipinski definition) is 4. The summed E-state index contributed by atoms with van der Waals surface area (Å²) in [6.45, 7) is 0. The largest absolute Gasteiger partial charge is 0.257 e. The Morgan fingerprint density at radius 2 is 2.23 bits per heavy atom. The van der Waals surface area contributed by atoms with E-state index >= 15 is 0 Å². The fourth-order valence-corrected chi connectivity index (χ4v) is 1.16. The Morgan fingerprint density at radius 1 is 1.38 bits per heavy atom. The van der Waals surface area contributed by atoms with Crippen LogP contribution >= 0.6 is 34.2 Å². The van der Waals surface area contributed by atoms with Crippen molar-refractivity contribution in [3.63, 3.8) is 0 Å². The number of nitrogens with one attached hydrogen (secondary N) is 1. The van der Waals surface area contributed by atoms with Crippen molar-refractivity contribution in [1.29, 1.82) is 0 Å². The Labute approximate surface area is 92.1 Å². The van der Waals surface area contributed by atoms with Crippen LogP contribution in [0.5, 0.6) is 0 Å². The van der Waals surface area contributed by atoms with Gasteiger partial charge in [-0.2, -0.15) is 5.10 Å². The van der Waals surface area contributed by atoms with Crippen LogP contribution in [-0.4, -0.2) is 25.1 Å². The van der Waals surface area contributed by atoms with E-state index < -0.39 is 0 Å². The molecule has 0 spiro atoms. The first-order valence-corrected chi connectivity index (χ1v) is 4.77. The Hall–Kier alpha value is -0.760.